The fourth-order valence-electron chi connectivity index (χ4n) is 1.83. The van der Waals surface area contributed by atoms with E-state index in [1.165, 1.54) is 6.42 Å². The average Bonchev–Trinajstić information content (AvgIpc) is 2.83. The van der Waals surface area contributed by atoms with Gasteiger partial charge in [-0.3, -0.25) is 4.79 Å². The zero-order valence-electron chi connectivity index (χ0n) is 9.66. The Bertz CT molecular complexity index is 414. The lowest BCUT2D eigenvalue weighted by Gasteiger charge is -2.06. The molecule has 1 aliphatic rings. The first kappa shape index (κ1) is 10.9. The van der Waals surface area contributed by atoms with Gasteiger partial charge in [0, 0.05) is 18.3 Å². The van der Waals surface area contributed by atoms with Crippen LogP contribution in [0.15, 0.2) is 18.3 Å². The fraction of sp³-hybridized carbons (Fsp3) is 0.500. The summed E-state index contributed by atoms with van der Waals surface area (Å²) in [7, 11) is 0. The number of carbonyl (C=O) groups excluding carboxylic acids is 1. The zero-order chi connectivity index (χ0) is 11.8. The number of nitrogen functional groups attached to an aromatic ring is 1. The normalized spacial score (nSPS) is 21.5. The highest BCUT2D eigenvalue weighted by Gasteiger charge is 2.45. The van der Waals surface area contributed by atoms with Gasteiger partial charge in [0.15, 0.2) is 0 Å². The van der Waals surface area contributed by atoms with Gasteiger partial charge in [-0.1, -0.05) is 13.8 Å². The fourth-order valence-corrected chi connectivity index (χ4v) is 1.83. The summed E-state index contributed by atoms with van der Waals surface area (Å²) in [6.45, 7) is 5.18. The van der Waals surface area contributed by atoms with Crippen molar-refractivity contribution in [1.82, 2.24) is 10.3 Å². The first-order valence-electron chi connectivity index (χ1n) is 5.49. The van der Waals surface area contributed by atoms with Crippen LogP contribution in [0.5, 0.6) is 0 Å². The van der Waals surface area contributed by atoms with Gasteiger partial charge < -0.3 is 11.1 Å². The summed E-state index contributed by atoms with van der Waals surface area (Å²) in [5, 5.41) is 2.92. The Morgan fingerprint density at radius 1 is 1.69 bits per heavy atom. The van der Waals surface area contributed by atoms with Gasteiger partial charge in [-0.15, -0.1) is 0 Å². The number of rotatable bonds is 3. The highest BCUT2D eigenvalue weighted by Crippen LogP contribution is 2.50. The lowest BCUT2D eigenvalue weighted by molar-refractivity contribution is 0.0950. The van der Waals surface area contributed by atoms with Crippen LogP contribution >= 0.6 is 0 Å². The average molecular weight is 219 g/mol. The maximum Gasteiger partial charge on any atom is 0.251 e. The summed E-state index contributed by atoms with van der Waals surface area (Å²) in [5.41, 5.74) is 6.49. The number of hydrogen-bond donors (Lipinski definition) is 2. The van der Waals surface area contributed by atoms with Crippen LogP contribution in [-0.4, -0.2) is 17.4 Å². The van der Waals surface area contributed by atoms with E-state index in [0.29, 0.717) is 22.7 Å². The maximum absolute atomic E-state index is 11.7. The number of carbonyl (C=O) groups is 1. The SMILES string of the molecule is CC1(C)CC1CNC(=O)c1ccnc(N)c1. The zero-order valence-corrected chi connectivity index (χ0v) is 9.66. The number of aromatic nitrogens is 1. The Morgan fingerprint density at radius 2 is 2.38 bits per heavy atom. The van der Waals surface area contributed by atoms with Crippen molar-refractivity contribution in [3.8, 4) is 0 Å². The molecule has 1 unspecified atom stereocenters. The van der Waals surface area contributed by atoms with Crippen molar-refractivity contribution in [2.24, 2.45) is 11.3 Å². The van der Waals surface area contributed by atoms with Crippen molar-refractivity contribution in [3.05, 3.63) is 23.9 Å². The van der Waals surface area contributed by atoms with E-state index in [2.05, 4.69) is 24.1 Å². The molecular formula is C12H17N3O. The second-order valence-electron chi connectivity index (χ2n) is 5.07. The Hall–Kier alpha value is -1.58. The molecular weight excluding hydrogens is 202 g/mol. The molecule has 3 N–H and O–H groups in total. The van der Waals surface area contributed by atoms with E-state index in [-0.39, 0.29) is 5.91 Å². The molecule has 0 aliphatic heterocycles. The quantitative estimate of drug-likeness (QED) is 0.808. The minimum Gasteiger partial charge on any atom is -0.384 e. The summed E-state index contributed by atoms with van der Waals surface area (Å²) in [4.78, 5) is 15.6. The number of nitrogens with two attached hydrogens (primary N) is 1. The van der Waals surface area contributed by atoms with Gasteiger partial charge in [0.25, 0.3) is 5.91 Å². The van der Waals surface area contributed by atoms with Crippen LogP contribution in [0.1, 0.15) is 30.6 Å². The van der Waals surface area contributed by atoms with Crippen LogP contribution in [-0.2, 0) is 0 Å². The number of nitrogens with zero attached hydrogens (tertiary/aromatic N) is 1. The van der Waals surface area contributed by atoms with Crippen LogP contribution in [0.2, 0.25) is 0 Å². The summed E-state index contributed by atoms with van der Waals surface area (Å²) in [6, 6.07) is 3.26. The Labute approximate surface area is 95.3 Å². The van der Waals surface area contributed by atoms with Gasteiger partial charge >= 0.3 is 0 Å². The molecule has 0 aromatic carbocycles. The third-order valence-corrected chi connectivity index (χ3v) is 3.27. The molecule has 2 rings (SSSR count). The molecule has 0 spiro atoms. The maximum atomic E-state index is 11.7. The van der Waals surface area contributed by atoms with Gasteiger partial charge in [0.05, 0.1) is 0 Å². The highest BCUT2D eigenvalue weighted by molar-refractivity contribution is 5.94. The van der Waals surface area contributed by atoms with Gasteiger partial charge in [0.2, 0.25) is 0 Å². The molecule has 1 atom stereocenters. The highest BCUT2D eigenvalue weighted by atomic mass is 16.1. The monoisotopic (exact) mass is 219 g/mol. The number of anilines is 1. The second kappa shape index (κ2) is 3.77. The van der Waals surface area contributed by atoms with E-state index in [1.807, 2.05) is 0 Å². The van der Waals surface area contributed by atoms with Gasteiger partial charge in [-0.2, -0.15) is 0 Å². The summed E-state index contributed by atoms with van der Waals surface area (Å²) in [5.74, 6) is 0.909. The molecule has 1 aromatic rings. The number of nitrogens with one attached hydrogen (secondary N) is 1. The predicted octanol–water partition coefficient (Wildman–Crippen LogP) is 1.44. The number of amides is 1. The van der Waals surface area contributed by atoms with Crippen LogP contribution in [0.3, 0.4) is 0 Å². The Morgan fingerprint density at radius 3 is 2.94 bits per heavy atom. The first-order chi connectivity index (χ1) is 7.49. The van der Waals surface area contributed by atoms with E-state index in [1.54, 1.807) is 18.3 Å². The van der Waals surface area contributed by atoms with E-state index >= 15 is 0 Å². The molecule has 1 aromatic heterocycles. The topological polar surface area (TPSA) is 68.0 Å². The molecule has 0 saturated heterocycles. The first-order valence-corrected chi connectivity index (χ1v) is 5.49. The smallest absolute Gasteiger partial charge is 0.251 e. The molecule has 1 aliphatic carbocycles. The largest absolute Gasteiger partial charge is 0.384 e. The van der Waals surface area contributed by atoms with Gasteiger partial charge in [0.1, 0.15) is 5.82 Å². The molecule has 1 saturated carbocycles. The Balaban J connectivity index is 1.89. The van der Waals surface area contributed by atoms with Crippen molar-refractivity contribution < 1.29 is 4.79 Å². The molecule has 16 heavy (non-hydrogen) atoms. The molecule has 0 radical (unpaired) electrons. The van der Waals surface area contributed by atoms with E-state index in [9.17, 15) is 4.79 Å². The summed E-state index contributed by atoms with van der Waals surface area (Å²) < 4.78 is 0. The second-order valence-corrected chi connectivity index (χ2v) is 5.07. The lowest BCUT2D eigenvalue weighted by atomic mass is 10.1. The molecule has 86 valence electrons. The minimum atomic E-state index is -0.0724. The molecule has 1 fully saturated rings. The lowest BCUT2D eigenvalue weighted by Crippen LogP contribution is -2.26. The molecule has 4 heteroatoms. The van der Waals surface area contributed by atoms with Crippen molar-refractivity contribution in [2.75, 3.05) is 12.3 Å². The van der Waals surface area contributed by atoms with Gasteiger partial charge in [-0.25, -0.2) is 4.98 Å². The van der Waals surface area contributed by atoms with Crippen LogP contribution < -0.4 is 11.1 Å². The molecule has 1 amide bonds. The standard InChI is InChI=1S/C12H17N3O/c1-12(2)6-9(12)7-15-11(16)8-3-4-14-10(13)5-8/h3-5,9H,6-7H2,1-2H3,(H2,13,14)(H,15,16). The summed E-state index contributed by atoms with van der Waals surface area (Å²) in [6.07, 6.45) is 2.73. The van der Waals surface area contributed by atoms with Crippen molar-refractivity contribution >= 4 is 11.7 Å². The van der Waals surface area contributed by atoms with Crippen molar-refractivity contribution in [3.63, 3.8) is 0 Å². The van der Waals surface area contributed by atoms with E-state index in [4.69, 9.17) is 5.73 Å². The number of hydrogen-bond acceptors (Lipinski definition) is 3. The van der Waals surface area contributed by atoms with Crippen LogP contribution in [0.4, 0.5) is 5.82 Å². The number of pyridine rings is 1. The predicted molar refractivity (Wildman–Crippen MR) is 62.9 cm³/mol. The minimum absolute atomic E-state index is 0.0724. The third-order valence-electron chi connectivity index (χ3n) is 3.27. The Kier molecular flexibility index (Phi) is 2.58. The van der Waals surface area contributed by atoms with E-state index in [0.717, 1.165) is 6.54 Å². The molecule has 4 nitrogen and oxygen atoms in total. The van der Waals surface area contributed by atoms with Crippen molar-refractivity contribution in [1.29, 1.82) is 0 Å². The molecule has 1 heterocycles. The van der Waals surface area contributed by atoms with Crippen LogP contribution in [0, 0.1) is 11.3 Å². The third kappa shape index (κ3) is 2.32. The summed E-state index contributed by atoms with van der Waals surface area (Å²) >= 11 is 0. The van der Waals surface area contributed by atoms with Crippen molar-refractivity contribution in [2.45, 2.75) is 20.3 Å². The van der Waals surface area contributed by atoms with Gasteiger partial charge in [-0.05, 0) is 29.9 Å². The van der Waals surface area contributed by atoms with Crippen LogP contribution in [0.25, 0.3) is 0 Å². The van der Waals surface area contributed by atoms with E-state index < -0.39 is 0 Å². The molecule has 0 bridgehead atoms.